The van der Waals surface area contributed by atoms with Gasteiger partial charge in [0.25, 0.3) is 0 Å². The Morgan fingerprint density at radius 2 is 1.80 bits per heavy atom. The monoisotopic (exact) mass is 334 g/mol. The van der Waals surface area contributed by atoms with Crippen molar-refractivity contribution in [1.29, 1.82) is 0 Å². The fraction of sp³-hybridized carbons (Fsp3) is 0.435. The zero-order valence-corrected chi connectivity index (χ0v) is 16.6. The number of hydrogen-bond acceptors (Lipinski definition) is 2. The third-order valence-corrected chi connectivity index (χ3v) is 5.42. The molecule has 0 aromatic heterocycles. The van der Waals surface area contributed by atoms with Crippen molar-refractivity contribution in [2.45, 2.75) is 53.6 Å². The van der Waals surface area contributed by atoms with Crippen molar-refractivity contribution in [3.05, 3.63) is 68.7 Å². The Kier molecular flexibility index (Phi) is 4.49. The Balaban J connectivity index is 2.20. The highest BCUT2D eigenvalue weighted by Gasteiger charge is 2.33. The first-order valence-corrected chi connectivity index (χ1v) is 9.22. The van der Waals surface area contributed by atoms with E-state index in [0.717, 1.165) is 11.8 Å². The van der Waals surface area contributed by atoms with Gasteiger partial charge < -0.3 is 4.90 Å². The van der Waals surface area contributed by atoms with Gasteiger partial charge in [0, 0.05) is 24.0 Å². The van der Waals surface area contributed by atoms with Crippen LogP contribution in [0.3, 0.4) is 0 Å². The molecule has 1 unspecified atom stereocenters. The van der Waals surface area contributed by atoms with Crippen molar-refractivity contribution in [3.63, 3.8) is 0 Å². The van der Waals surface area contributed by atoms with E-state index in [1.165, 1.54) is 33.0 Å². The molecule has 0 spiro atoms. The quantitative estimate of drug-likeness (QED) is 0.829. The van der Waals surface area contributed by atoms with Crippen molar-refractivity contribution >= 4 is 6.20 Å². The van der Waals surface area contributed by atoms with Gasteiger partial charge in [0.15, 0.2) is 5.66 Å². The van der Waals surface area contributed by atoms with Gasteiger partial charge >= 0.3 is 0 Å². The maximum atomic E-state index is 5.23. The van der Waals surface area contributed by atoms with Crippen LogP contribution in [0.15, 0.2) is 35.3 Å². The number of fused-ring (bicyclic) bond motifs is 1. The molecule has 25 heavy (non-hydrogen) atoms. The molecule has 0 saturated heterocycles. The normalized spacial score (nSPS) is 19.4. The smallest absolute Gasteiger partial charge is 0.155 e. The van der Waals surface area contributed by atoms with Gasteiger partial charge in [-0.1, -0.05) is 43.7 Å². The summed E-state index contributed by atoms with van der Waals surface area (Å²) in [7, 11) is 2.13. The molecule has 132 valence electrons. The topological polar surface area (TPSA) is 15.6 Å². The lowest BCUT2D eigenvalue weighted by Crippen LogP contribution is -2.46. The minimum Gasteiger partial charge on any atom is -0.352 e. The molecule has 0 fully saturated rings. The van der Waals surface area contributed by atoms with E-state index in [1.807, 2.05) is 0 Å². The van der Waals surface area contributed by atoms with E-state index in [2.05, 4.69) is 90.0 Å². The number of rotatable bonds is 3. The molecular formula is C23H30N2. The minimum absolute atomic E-state index is 0.371. The molecule has 1 aliphatic heterocycles. The molecule has 1 aliphatic rings. The molecule has 2 aromatic carbocycles. The van der Waals surface area contributed by atoms with Crippen LogP contribution in [-0.2, 0) is 12.1 Å². The van der Waals surface area contributed by atoms with E-state index in [1.54, 1.807) is 0 Å². The van der Waals surface area contributed by atoms with Crippen LogP contribution >= 0.6 is 0 Å². The highest BCUT2D eigenvalue weighted by molar-refractivity contribution is 5.44. The fourth-order valence-corrected chi connectivity index (χ4v) is 3.82. The van der Waals surface area contributed by atoms with Crippen LogP contribution in [-0.4, -0.2) is 11.9 Å². The van der Waals surface area contributed by atoms with Crippen LogP contribution in [0.25, 0.3) is 6.20 Å². The largest absolute Gasteiger partial charge is 0.352 e. The lowest BCUT2D eigenvalue weighted by molar-refractivity contribution is 0.224. The average molecular weight is 335 g/mol. The Labute approximate surface area is 151 Å². The van der Waals surface area contributed by atoms with Crippen LogP contribution in [0.4, 0.5) is 0 Å². The number of aryl methyl sites for hydroxylation is 2. The van der Waals surface area contributed by atoms with Crippen LogP contribution in [0.5, 0.6) is 0 Å². The highest BCUT2D eigenvalue weighted by Crippen LogP contribution is 2.34. The summed E-state index contributed by atoms with van der Waals surface area (Å²) in [6.45, 7) is 13.3. The van der Waals surface area contributed by atoms with Gasteiger partial charge in [-0.05, 0) is 62.8 Å². The number of hydrogen-bond donors (Lipinski definition) is 0. The summed E-state index contributed by atoms with van der Waals surface area (Å²) >= 11 is 0. The Bertz CT molecular complexity index is 924. The molecule has 0 aliphatic carbocycles. The molecule has 0 N–H and O–H groups in total. The number of nitrogens with zero attached hydrogens (tertiary/aromatic N) is 2. The average Bonchev–Trinajstić information content (AvgIpc) is 2.51. The van der Waals surface area contributed by atoms with Crippen LogP contribution in [0.2, 0.25) is 0 Å². The van der Waals surface area contributed by atoms with Gasteiger partial charge in [-0.3, -0.25) is 4.99 Å². The standard InChI is InChI=1S/C23H30N2/c1-15(2)10-19-8-9-20-14-25(7)23(6,24-22(20)13-19)21-12-16(3)11-17(4)18(21)5/h8-9,11-15H,10H2,1-7H3. The van der Waals surface area contributed by atoms with Gasteiger partial charge in [0.2, 0.25) is 0 Å². The van der Waals surface area contributed by atoms with Crippen LogP contribution in [0.1, 0.15) is 48.6 Å². The molecule has 0 bridgehead atoms. The molecule has 2 nitrogen and oxygen atoms in total. The van der Waals surface area contributed by atoms with E-state index in [0.29, 0.717) is 5.92 Å². The molecule has 1 heterocycles. The molecular weight excluding hydrogens is 304 g/mol. The van der Waals surface area contributed by atoms with E-state index in [4.69, 9.17) is 4.99 Å². The first kappa shape index (κ1) is 17.7. The van der Waals surface area contributed by atoms with Crippen molar-refractivity contribution in [3.8, 4) is 0 Å². The van der Waals surface area contributed by atoms with Gasteiger partial charge in [0.1, 0.15) is 0 Å². The van der Waals surface area contributed by atoms with E-state index < -0.39 is 0 Å². The molecule has 0 amide bonds. The van der Waals surface area contributed by atoms with Crippen LogP contribution < -0.4 is 10.6 Å². The Hall–Kier alpha value is -2.09. The van der Waals surface area contributed by atoms with E-state index in [9.17, 15) is 0 Å². The highest BCUT2D eigenvalue weighted by atomic mass is 15.3. The summed E-state index contributed by atoms with van der Waals surface area (Å²) in [5.74, 6) is 0.654. The fourth-order valence-electron chi connectivity index (χ4n) is 3.82. The van der Waals surface area contributed by atoms with Crippen molar-refractivity contribution < 1.29 is 0 Å². The van der Waals surface area contributed by atoms with Crippen molar-refractivity contribution in [2.24, 2.45) is 10.9 Å². The van der Waals surface area contributed by atoms with E-state index in [-0.39, 0.29) is 5.66 Å². The maximum Gasteiger partial charge on any atom is 0.155 e. The summed E-state index contributed by atoms with van der Waals surface area (Å²) in [5.41, 5.74) is 6.25. The molecule has 3 rings (SSSR count). The first-order chi connectivity index (χ1) is 11.7. The number of benzene rings is 2. The maximum absolute atomic E-state index is 5.23. The molecule has 0 saturated carbocycles. The third-order valence-electron chi connectivity index (χ3n) is 5.42. The second-order valence-corrected chi connectivity index (χ2v) is 8.12. The first-order valence-electron chi connectivity index (χ1n) is 9.22. The Morgan fingerprint density at radius 1 is 1.08 bits per heavy atom. The lowest BCUT2D eigenvalue weighted by Gasteiger charge is -2.38. The summed E-state index contributed by atoms with van der Waals surface area (Å²) in [4.78, 5) is 7.48. The zero-order chi connectivity index (χ0) is 18.4. The van der Waals surface area contributed by atoms with E-state index >= 15 is 0 Å². The molecule has 2 heteroatoms. The molecule has 0 radical (unpaired) electrons. The lowest BCUT2D eigenvalue weighted by atomic mass is 9.90. The van der Waals surface area contributed by atoms with Gasteiger partial charge in [-0.15, -0.1) is 0 Å². The Morgan fingerprint density at radius 3 is 2.48 bits per heavy atom. The van der Waals surface area contributed by atoms with Gasteiger partial charge in [-0.2, -0.15) is 0 Å². The second-order valence-electron chi connectivity index (χ2n) is 8.12. The second kappa shape index (κ2) is 6.33. The minimum atomic E-state index is -0.371. The van der Waals surface area contributed by atoms with Gasteiger partial charge in [-0.25, -0.2) is 0 Å². The van der Waals surface area contributed by atoms with Crippen molar-refractivity contribution in [1.82, 2.24) is 4.90 Å². The van der Waals surface area contributed by atoms with Crippen molar-refractivity contribution in [2.75, 3.05) is 7.05 Å². The summed E-state index contributed by atoms with van der Waals surface area (Å²) < 4.78 is 0. The zero-order valence-electron chi connectivity index (χ0n) is 16.6. The summed E-state index contributed by atoms with van der Waals surface area (Å²) in [5, 5.41) is 2.31. The van der Waals surface area contributed by atoms with Gasteiger partial charge in [0.05, 0.1) is 5.36 Å². The van der Waals surface area contributed by atoms with Crippen LogP contribution in [0, 0.1) is 26.7 Å². The third kappa shape index (κ3) is 3.22. The predicted octanol–water partition coefficient (Wildman–Crippen LogP) is 3.99. The predicted molar refractivity (Wildman–Crippen MR) is 106 cm³/mol. The SMILES string of the molecule is Cc1cc(C)c(C)c(C2(C)N=c3cc(CC(C)C)ccc3=CN2C)c1. The molecule has 2 aromatic rings. The summed E-state index contributed by atoms with van der Waals surface area (Å²) in [6.07, 6.45) is 3.33. The summed E-state index contributed by atoms with van der Waals surface area (Å²) in [6, 6.07) is 11.3. The molecule has 1 atom stereocenters.